The highest BCUT2D eigenvalue weighted by molar-refractivity contribution is 5.86. The van der Waals surface area contributed by atoms with E-state index in [2.05, 4.69) is 54.5 Å². The second-order valence-electron chi connectivity index (χ2n) is 10.9. The van der Waals surface area contributed by atoms with Crippen LogP contribution in [0.5, 0.6) is 0 Å². The molecule has 8 heteroatoms. The molecule has 0 saturated carbocycles. The smallest absolute Gasteiger partial charge is 0.330 e. The minimum atomic E-state index is -1.03. The number of ether oxygens (including phenoxy) is 2. The summed E-state index contributed by atoms with van der Waals surface area (Å²) in [5, 5.41) is 23.9. The normalized spacial score (nSPS) is 27.1. The molecule has 0 bridgehead atoms. The topological polar surface area (TPSA) is 126 Å². The van der Waals surface area contributed by atoms with Crippen molar-refractivity contribution in [2.24, 2.45) is 22.1 Å². The van der Waals surface area contributed by atoms with Crippen molar-refractivity contribution in [3.05, 3.63) is 71.4 Å². The second-order valence-corrected chi connectivity index (χ2v) is 10.9. The van der Waals surface area contributed by atoms with E-state index in [0.29, 0.717) is 26.2 Å². The van der Waals surface area contributed by atoms with Gasteiger partial charge in [-0.1, -0.05) is 75.3 Å². The minimum absolute atomic E-state index is 0.0323. The number of carboxylic acid groups (broad SMARTS) is 1. The molecule has 5 N–H and O–H groups in total. The van der Waals surface area contributed by atoms with Gasteiger partial charge in [-0.05, 0) is 61.3 Å². The lowest BCUT2D eigenvalue weighted by Gasteiger charge is -2.40. The second kappa shape index (κ2) is 15.7. The van der Waals surface area contributed by atoms with E-state index >= 15 is 0 Å². The molecule has 4 atom stereocenters. The number of aliphatic carboxylic acids is 1. The lowest BCUT2D eigenvalue weighted by Crippen LogP contribution is -2.43. The molecule has 2 aliphatic carbocycles. The van der Waals surface area contributed by atoms with Crippen LogP contribution in [0, 0.1) is 11.3 Å². The van der Waals surface area contributed by atoms with Gasteiger partial charge < -0.3 is 30.7 Å². The van der Waals surface area contributed by atoms with Gasteiger partial charge in [-0.3, -0.25) is 0 Å². The first kappa shape index (κ1) is 31.6. The maximum atomic E-state index is 11.9. The summed E-state index contributed by atoms with van der Waals surface area (Å²) in [6.45, 7) is 7.91. The molecule has 0 spiro atoms. The number of aliphatic imine (C=N–C) groups is 1. The molecule has 0 aromatic heterocycles. The number of rotatable bonds is 12. The largest absolute Gasteiger partial charge is 0.479 e. The first-order chi connectivity index (χ1) is 19.3. The van der Waals surface area contributed by atoms with Crippen LogP contribution < -0.4 is 11.1 Å². The molecule has 0 aromatic rings. The maximum Gasteiger partial charge on any atom is 0.330 e. The quantitative estimate of drug-likeness (QED) is 0.0915. The fourth-order valence-corrected chi connectivity index (χ4v) is 5.47. The van der Waals surface area contributed by atoms with Gasteiger partial charge in [0.2, 0.25) is 0 Å². The zero-order valence-corrected chi connectivity index (χ0v) is 24.2. The number of allylic oxidation sites excluding steroid dienone is 8. The van der Waals surface area contributed by atoms with Crippen LogP contribution in [0.15, 0.2) is 76.4 Å². The molecule has 1 saturated heterocycles. The van der Waals surface area contributed by atoms with E-state index in [4.69, 9.17) is 15.2 Å². The molecular formula is C32H47N3O5. The number of unbranched alkanes of at least 4 members (excludes halogenated alkanes) is 2. The number of hydrogen-bond donors (Lipinski definition) is 4. The lowest BCUT2D eigenvalue weighted by atomic mass is 9.67. The maximum absolute atomic E-state index is 11.9. The number of guanidine groups is 1. The van der Waals surface area contributed by atoms with E-state index in [1.807, 2.05) is 25.2 Å². The zero-order valence-electron chi connectivity index (χ0n) is 24.2. The van der Waals surface area contributed by atoms with Gasteiger partial charge in [0.1, 0.15) is 12.1 Å². The Kier molecular flexibility index (Phi) is 12.4. The molecule has 1 heterocycles. The van der Waals surface area contributed by atoms with Gasteiger partial charge in [0.15, 0.2) is 5.96 Å². The first-order valence-corrected chi connectivity index (χ1v) is 14.5. The van der Waals surface area contributed by atoms with Crippen molar-refractivity contribution in [3.8, 4) is 0 Å². The number of aliphatic hydroxyl groups is 1. The molecule has 3 aliphatic rings. The average Bonchev–Trinajstić information content (AvgIpc) is 2.94. The number of carbonyl (C=O) groups is 1. The van der Waals surface area contributed by atoms with Crippen LogP contribution in [0.25, 0.3) is 0 Å². The highest BCUT2D eigenvalue weighted by atomic mass is 16.6. The van der Waals surface area contributed by atoms with Gasteiger partial charge in [-0.25, -0.2) is 9.79 Å². The van der Waals surface area contributed by atoms with Crippen molar-refractivity contribution >= 4 is 11.9 Å². The number of nitrogens with zero attached hydrogens (tertiary/aromatic N) is 1. The summed E-state index contributed by atoms with van der Waals surface area (Å²) in [5.41, 5.74) is 8.57. The Morgan fingerprint density at radius 2 is 2.08 bits per heavy atom. The summed E-state index contributed by atoms with van der Waals surface area (Å²) < 4.78 is 11.7. The Balaban J connectivity index is 1.78. The van der Waals surface area contributed by atoms with Gasteiger partial charge in [-0.15, -0.1) is 0 Å². The van der Waals surface area contributed by atoms with Crippen LogP contribution in [-0.4, -0.2) is 66.8 Å². The van der Waals surface area contributed by atoms with Crippen molar-refractivity contribution in [1.82, 2.24) is 5.32 Å². The molecule has 220 valence electrons. The van der Waals surface area contributed by atoms with Gasteiger partial charge in [0.25, 0.3) is 0 Å². The van der Waals surface area contributed by atoms with Crippen molar-refractivity contribution in [1.29, 1.82) is 0 Å². The van der Waals surface area contributed by atoms with Crippen molar-refractivity contribution < 1.29 is 24.5 Å². The Bertz CT molecular complexity index is 1050. The van der Waals surface area contributed by atoms with E-state index in [9.17, 15) is 15.0 Å². The third-order valence-corrected chi connectivity index (χ3v) is 7.71. The Hall–Kier alpha value is -2.94. The van der Waals surface area contributed by atoms with Gasteiger partial charge in [-0.2, -0.15) is 0 Å². The third-order valence-electron chi connectivity index (χ3n) is 7.71. The van der Waals surface area contributed by atoms with Crippen LogP contribution in [0.1, 0.15) is 59.3 Å². The number of carboxylic acids is 1. The molecule has 8 nitrogen and oxygen atoms in total. The highest BCUT2D eigenvalue weighted by Crippen LogP contribution is 2.43. The number of nitrogens with two attached hydrogens (primary N) is 1. The van der Waals surface area contributed by atoms with Gasteiger partial charge in [0.05, 0.1) is 32.5 Å². The van der Waals surface area contributed by atoms with Gasteiger partial charge >= 0.3 is 5.97 Å². The van der Waals surface area contributed by atoms with Crippen LogP contribution in [0.2, 0.25) is 0 Å². The molecule has 1 aliphatic heterocycles. The minimum Gasteiger partial charge on any atom is -0.479 e. The van der Waals surface area contributed by atoms with Crippen LogP contribution in [0.3, 0.4) is 0 Å². The summed E-state index contributed by atoms with van der Waals surface area (Å²) in [5.74, 6) is -0.887. The summed E-state index contributed by atoms with van der Waals surface area (Å²) in [4.78, 5) is 16.3. The van der Waals surface area contributed by atoms with Crippen LogP contribution in [0.4, 0.5) is 0 Å². The SMILES string of the molecule is C/C=C/C(=C\C(NC(N)=NC/C=C1/C(C2COCCO2)=CC(C2(C)C=CCC=C2)CC1O)C(=O)O)CCCCC. The Morgan fingerprint density at radius 1 is 1.30 bits per heavy atom. The number of hydrogen-bond acceptors (Lipinski definition) is 5. The van der Waals surface area contributed by atoms with Crippen molar-refractivity contribution in [2.75, 3.05) is 26.4 Å². The standard InChI is InChI=1S/C32H47N3O5/c1-4-6-8-12-23(11-5-2)19-27(30(37)38)35-31(33)34-16-13-25-26(29-22-39-17-18-40-29)20-24(21-28(25)36)32(3)14-9-7-10-15-32/h5,9-11,13-15,19-20,24,27-29,36H,4,6-8,12,16-18,21-22H2,1-3H3,(H,37,38)(H3,33,34,35)/b11-5+,23-19+,25-13-. The molecule has 40 heavy (non-hydrogen) atoms. The molecule has 0 aromatic carbocycles. The molecule has 1 fully saturated rings. The Morgan fingerprint density at radius 3 is 2.73 bits per heavy atom. The lowest BCUT2D eigenvalue weighted by molar-refractivity contribution is -0.137. The summed E-state index contributed by atoms with van der Waals surface area (Å²) in [6, 6.07) is -0.995. The summed E-state index contributed by atoms with van der Waals surface area (Å²) in [6.07, 6.45) is 22.9. The zero-order chi connectivity index (χ0) is 29.0. The summed E-state index contributed by atoms with van der Waals surface area (Å²) in [7, 11) is 0. The number of aliphatic hydroxyl groups excluding tert-OH is 1. The average molecular weight is 554 g/mol. The number of nitrogens with one attached hydrogen (secondary N) is 1. The van der Waals surface area contributed by atoms with Gasteiger partial charge in [0, 0.05) is 5.41 Å². The fourth-order valence-electron chi connectivity index (χ4n) is 5.47. The van der Waals surface area contributed by atoms with Crippen LogP contribution >= 0.6 is 0 Å². The van der Waals surface area contributed by atoms with E-state index < -0.39 is 18.1 Å². The van der Waals surface area contributed by atoms with Crippen LogP contribution in [-0.2, 0) is 14.3 Å². The molecule has 4 unspecified atom stereocenters. The van der Waals surface area contributed by atoms with Crippen molar-refractivity contribution in [3.63, 3.8) is 0 Å². The van der Waals surface area contributed by atoms with E-state index in [-0.39, 0.29) is 29.9 Å². The van der Waals surface area contributed by atoms with E-state index in [0.717, 1.165) is 48.8 Å². The molecule has 0 radical (unpaired) electrons. The fraction of sp³-hybridized carbons (Fsp3) is 0.562. The van der Waals surface area contributed by atoms with E-state index in [1.165, 1.54) is 0 Å². The Labute approximate surface area is 239 Å². The predicted octanol–water partition coefficient (Wildman–Crippen LogP) is 4.60. The highest BCUT2D eigenvalue weighted by Gasteiger charge is 2.38. The predicted molar refractivity (Wildman–Crippen MR) is 160 cm³/mol. The van der Waals surface area contributed by atoms with E-state index in [1.54, 1.807) is 6.08 Å². The monoisotopic (exact) mass is 553 g/mol. The molecule has 0 amide bonds. The third kappa shape index (κ3) is 9.04. The molecule has 3 rings (SSSR count). The summed E-state index contributed by atoms with van der Waals surface area (Å²) >= 11 is 0. The molecular weight excluding hydrogens is 506 g/mol. The van der Waals surface area contributed by atoms with Crippen molar-refractivity contribution in [2.45, 2.75) is 77.5 Å². The first-order valence-electron chi connectivity index (χ1n) is 14.5.